The first kappa shape index (κ1) is 15.8. The summed E-state index contributed by atoms with van der Waals surface area (Å²) in [6.07, 6.45) is 8.77. The highest BCUT2D eigenvalue weighted by Crippen LogP contribution is 2.16. The lowest BCUT2D eigenvalue weighted by Gasteiger charge is -2.22. The van der Waals surface area contributed by atoms with Gasteiger partial charge in [0.1, 0.15) is 0 Å². The fraction of sp³-hybridized carbons (Fsp3) is 0.733. The molecular formula is C15H26N4O2. The lowest BCUT2D eigenvalue weighted by atomic mass is 9.96. The highest BCUT2D eigenvalue weighted by atomic mass is 16.2. The van der Waals surface area contributed by atoms with Crippen LogP contribution in [0.1, 0.15) is 38.5 Å². The van der Waals surface area contributed by atoms with E-state index in [4.69, 9.17) is 0 Å². The maximum Gasteiger partial charge on any atom is 0.315 e. The lowest BCUT2D eigenvalue weighted by molar-refractivity contribution is -0.119. The summed E-state index contributed by atoms with van der Waals surface area (Å²) < 4.78 is 0. The van der Waals surface area contributed by atoms with Crippen LogP contribution in [-0.2, 0) is 4.79 Å². The van der Waals surface area contributed by atoms with Gasteiger partial charge in [0.2, 0.25) is 5.91 Å². The largest absolute Gasteiger partial charge is 0.351 e. The van der Waals surface area contributed by atoms with Crippen LogP contribution in [0.5, 0.6) is 0 Å². The van der Waals surface area contributed by atoms with E-state index >= 15 is 0 Å². The Kier molecular flexibility index (Phi) is 6.53. The quantitative estimate of drug-likeness (QED) is 0.562. The molecule has 0 bridgehead atoms. The standard InChI is InChI=1S/C15H26N4O2/c20-14(17-10-12-6-8-16-9-7-12)11-18-15(21)19-13-4-2-1-3-5-13/h6,13,16H,1-5,7-11H2,(H,17,20)(H2,18,19,21). The van der Waals surface area contributed by atoms with E-state index in [1.165, 1.54) is 24.8 Å². The van der Waals surface area contributed by atoms with E-state index in [1.54, 1.807) is 0 Å². The Morgan fingerprint density at radius 2 is 2.00 bits per heavy atom. The summed E-state index contributed by atoms with van der Waals surface area (Å²) in [4.78, 5) is 23.4. The first-order valence-corrected chi connectivity index (χ1v) is 7.94. The third-order valence-corrected chi connectivity index (χ3v) is 4.02. The van der Waals surface area contributed by atoms with Gasteiger partial charge in [-0.15, -0.1) is 0 Å². The number of rotatable bonds is 5. The number of nitrogens with one attached hydrogen (secondary N) is 4. The first-order valence-electron chi connectivity index (χ1n) is 7.94. The Morgan fingerprint density at radius 3 is 2.71 bits per heavy atom. The highest BCUT2D eigenvalue weighted by molar-refractivity contribution is 5.84. The third kappa shape index (κ3) is 6.16. The molecule has 0 saturated heterocycles. The molecular weight excluding hydrogens is 268 g/mol. The molecule has 1 aliphatic heterocycles. The van der Waals surface area contributed by atoms with Gasteiger partial charge in [-0.2, -0.15) is 0 Å². The first-order chi connectivity index (χ1) is 10.2. The van der Waals surface area contributed by atoms with Crippen molar-refractivity contribution in [1.82, 2.24) is 21.3 Å². The van der Waals surface area contributed by atoms with Gasteiger partial charge in [0.05, 0.1) is 6.54 Å². The summed E-state index contributed by atoms with van der Waals surface area (Å²) in [5.74, 6) is -0.145. The lowest BCUT2D eigenvalue weighted by Crippen LogP contribution is -2.46. The minimum atomic E-state index is -0.238. The van der Waals surface area contributed by atoms with Crippen molar-refractivity contribution in [3.05, 3.63) is 11.6 Å². The Bertz CT molecular complexity index is 389. The zero-order valence-electron chi connectivity index (χ0n) is 12.5. The molecule has 0 radical (unpaired) electrons. The average molecular weight is 294 g/mol. The second-order valence-electron chi connectivity index (χ2n) is 5.76. The molecule has 1 aliphatic carbocycles. The number of urea groups is 1. The monoisotopic (exact) mass is 294 g/mol. The van der Waals surface area contributed by atoms with Gasteiger partial charge in [-0.05, 0) is 25.8 Å². The molecule has 2 rings (SSSR count). The molecule has 118 valence electrons. The van der Waals surface area contributed by atoms with Crippen LogP contribution in [0.4, 0.5) is 4.79 Å². The molecule has 0 aromatic heterocycles. The molecule has 4 N–H and O–H groups in total. The van der Waals surface area contributed by atoms with E-state index in [-0.39, 0.29) is 24.5 Å². The van der Waals surface area contributed by atoms with Crippen molar-refractivity contribution >= 4 is 11.9 Å². The molecule has 3 amide bonds. The topological polar surface area (TPSA) is 82.3 Å². The third-order valence-electron chi connectivity index (χ3n) is 4.02. The van der Waals surface area contributed by atoms with Gasteiger partial charge in [0.25, 0.3) is 0 Å². The van der Waals surface area contributed by atoms with Crippen molar-refractivity contribution in [3.63, 3.8) is 0 Å². The summed E-state index contributed by atoms with van der Waals surface area (Å²) in [7, 11) is 0. The summed E-state index contributed by atoms with van der Waals surface area (Å²) in [6, 6.07) is 0.0276. The summed E-state index contributed by atoms with van der Waals surface area (Å²) in [6.45, 7) is 2.44. The van der Waals surface area contributed by atoms with Crippen LogP contribution in [0.25, 0.3) is 0 Å². The van der Waals surface area contributed by atoms with E-state index < -0.39 is 0 Å². The van der Waals surface area contributed by atoms with Crippen LogP contribution in [0.3, 0.4) is 0 Å². The average Bonchev–Trinajstić information content (AvgIpc) is 2.53. The van der Waals surface area contributed by atoms with Gasteiger partial charge in [-0.3, -0.25) is 4.79 Å². The van der Waals surface area contributed by atoms with Crippen LogP contribution >= 0.6 is 0 Å². The molecule has 2 aliphatic rings. The second kappa shape index (κ2) is 8.67. The number of amides is 3. The minimum absolute atomic E-state index is 0.0318. The summed E-state index contributed by atoms with van der Waals surface area (Å²) >= 11 is 0. The maximum absolute atomic E-state index is 11.7. The second-order valence-corrected chi connectivity index (χ2v) is 5.76. The summed E-state index contributed by atoms with van der Waals surface area (Å²) in [5, 5.41) is 11.6. The zero-order chi connectivity index (χ0) is 14.9. The van der Waals surface area contributed by atoms with E-state index in [1.807, 2.05) is 0 Å². The molecule has 0 unspecified atom stereocenters. The number of hydrogen-bond donors (Lipinski definition) is 4. The van der Waals surface area contributed by atoms with Crippen molar-refractivity contribution in [2.24, 2.45) is 0 Å². The molecule has 0 aromatic carbocycles. The van der Waals surface area contributed by atoms with Crippen molar-refractivity contribution in [2.75, 3.05) is 26.2 Å². The predicted molar refractivity (Wildman–Crippen MR) is 82.0 cm³/mol. The van der Waals surface area contributed by atoms with E-state index in [0.717, 1.165) is 32.4 Å². The van der Waals surface area contributed by atoms with Gasteiger partial charge < -0.3 is 21.3 Å². The molecule has 0 aromatic rings. The van der Waals surface area contributed by atoms with Crippen LogP contribution < -0.4 is 21.3 Å². The maximum atomic E-state index is 11.7. The number of hydrogen-bond acceptors (Lipinski definition) is 3. The minimum Gasteiger partial charge on any atom is -0.351 e. The van der Waals surface area contributed by atoms with Crippen LogP contribution in [0, 0.1) is 0 Å². The van der Waals surface area contributed by atoms with Crippen LogP contribution in [0.15, 0.2) is 11.6 Å². The smallest absolute Gasteiger partial charge is 0.315 e. The van der Waals surface area contributed by atoms with Gasteiger partial charge in [0, 0.05) is 19.1 Å². The van der Waals surface area contributed by atoms with Crippen molar-refractivity contribution in [2.45, 2.75) is 44.6 Å². The van der Waals surface area contributed by atoms with Crippen LogP contribution in [-0.4, -0.2) is 44.2 Å². The Balaban J connectivity index is 1.57. The Labute approximate surface area is 126 Å². The molecule has 0 atom stereocenters. The van der Waals surface area contributed by atoms with E-state index in [0.29, 0.717) is 6.54 Å². The fourth-order valence-electron chi connectivity index (χ4n) is 2.75. The molecule has 1 fully saturated rings. The molecule has 6 heteroatoms. The molecule has 6 nitrogen and oxygen atoms in total. The van der Waals surface area contributed by atoms with Gasteiger partial charge in [-0.1, -0.05) is 30.9 Å². The van der Waals surface area contributed by atoms with Crippen molar-refractivity contribution in [3.8, 4) is 0 Å². The molecule has 0 spiro atoms. The summed E-state index contributed by atoms with van der Waals surface area (Å²) in [5.41, 5.74) is 1.24. The highest BCUT2D eigenvalue weighted by Gasteiger charge is 2.15. The van der Waals surface area contributed by atoms with Gasteiger partial charge in [0.15, 0.2) is 0 Å². The molecule has 1 saturated carbocycles. The molecule has 1 heterocycles. The number of carbonyl (C=O) groups excluding carboxylic acids is 2. The fourth-order valence-corrected chi connectivity index (χ4v) is 2.75. The Hall–Kier alpha value is -1.56. The van der Waals surface area contributed by atoms with Crippen molar-refractivity contribution < 1.29 is 9.59 Å². The van der Waals surface area contributed by atoms with Crippen molar-refractivity contribution in [1.29, 1.82) is 0 Å². The van der Waals surface area contributed by atoms with Gasteiger partial charge >= 0.3 is 6.03 Å². The van der Waals surface area contributed by atoms with Gasteiger partial charge in [-0.25, -0.2) is 4.79 Å². The zero-order valence-corrected chi connectivity index (χ0v) is 12.5. The van der Waals surface area contributed by atoms with E-state index in [9.17, 15) is 9.59 Å². The number of carbonyl (C=O) groups is 2. The van der Waals surface area contributed by atoms with Crippen LogP contribution in [0.2, 0.25) is 0 Å². The predicted octanol–water partition coefficient (Wildman–Crippen LogP) is 0.654. The van der Waals surface area contributed by atoms with E-state index in [2.05, 4.69) is 27.3 Å². The SMILES string of the molecule is O=C(CNC(=O)NC1CCCCC1)NCC1=CCNCC1. The Morgan fingerprint density at radius 1 is 1.19 bits per heavy atom. The molecule has 21 heavy (non-hydrogen) atoms. The normalized spacial score (nSPS) is 19.5.